The predicted molar refractivity (Wildman–Crippen MR) is 105 cm³/mol. The molecule has 28 heavy (non-hydrogen) atoms. The molecule has 0 saturated carbocycles. The van der Waals surface area contributed by atoms with Gasteiger partial charge in [-0.05, 0) is 23.3 Å². The van der Waals surface area contributed by atoms with Gasteiger partial charge in [-0.1, -0.05) is 78.2 Å². The van der Waals surface area contributed by atoms with Crippen molar-refractivity contribution >= 4 is 5.97 Å². The number of nitrogens with zero attached hydrogens (tertiary/aromatic N) is 2. The second-order valence-electron chi connectivity index (χ2n) is 6.22. The van der Waals surface area contributed by atoms with E-state index in [1.54, 1.807) is 18.6 Å². The summed E-state index contributed by atoms with van der Waals surface area (Å²) in [5.41, 5.74) is 8.44. The minimum absolute atomic E-state index is 0.124. The summed E-state index contributed by atoms with van der Waals surface area (Å²) >= 11 is 0. The summed E-state index contributed by atoms with van der Waals surface area (Å²) in [5.74, 6) is 4.35. The Morgan fingerprint density at radius 1 is 1.04 bits per heavy atom. The highest BCUT2D eigenvalue weighted by Crippen LogP contribution is 2.41. The van der Waals surface area contributed by atoms with E-state index in [2.05, 4.69) is 21.3 Å². The van der Waals surface area contributed by atoms with Crippen LogP contribution in [-0.2, 0) is 10.4 Å². The Bertz CT molecular complexity index is 1090. The summed E-state index contributed by atoms with van der Waals surface area (Å²) in [6, 6.07) is 20.0. The predicted octanol–water partition coefficient (Wildman–Crippen LogP) is 3.51. The van der Waals surface area contributed by atoms with Crippen LogP contribution in [0.4, 0.5) is 0 Å². The topological polar surface area (TPSA) is 70.1 Å². The van der Waals surface area contributed by atoms with Crippen molar-refractivity contribution in [2.45, 2.75) is 5.54 Å². The maximum Gasteiger partial charge on any atom is 0.376 e. The molecule has 0 saturated heterocycles. The lowest BCUT2D eigenvalue weighted by molar-refractivity contribution is 0.0497. The highest BCUT2D eigenvalue weighted by molar-refractivity contribution is 5.86. The highest BCUT2D eigenvalue weighted by Gasteiger charge is 2.40. The zero-order chi connectivity index (χ0) is 19.4. The first-order chi connectivity index (χ1) is 13.8. The summed E-state index contributed by atoms with van der Waals surface area (Å²) in [6.45, 7) is 0. The highest BCUT2D eigenvalue weighted by atomic mass is 16.7. The minimum atomic E-state index is -0.805. The molecule has 1 aliphatic carbocycles. The molecule has 5 heteroatoms. The fraction of sp³-hybridized carbons (Fsp3) is 0.0435. The van der Waals surface area contributed by atoms with Crippen molar-refractivity contribution in [3.63, 3.8) is 0 Å². The number of imidazole rings is 1. The van der Waals surface area contributed by atoms with E-state index in [1.165, 1.54) is 0 Å². The van der Waals surface area contributed by atoms with Crippen molar-refractivity contribution in [3.8, 4) is 0 Å². The van der Waals surface area contributed by atoms with Gasteiger partial charge in [0.2, 0.25) is 0 Å². The molecule has 0 bridgehead atoms. The van der Waals surface area contributed by atoms with Gasteiger partial charge in [0.15, 0.2) is 5.69 Å². The van der Waals surface area contributed by atoms with E-state index >= 15 is 0 Å². The van der Waals surface area contributed by atoms with E-state index in [4.69, 9.17) is 5.90 Å². The molecular weight excluding hydrogens is 350 g/mol. The third-order valence-electron chi connectivity index (χ3n) is 4.71. The second-order valence-corrected chi connectivity index (χ2v) is 6.22. The lowest BCUT2D eigenvalue weighted by Gasteiger charge is -2.37. The van der Waals surface area contributed by atoms with E-state index in [0.29, 0.717) is 0 Å². The molecule has 2 aromatic carbocycles. The quantitative estimate of drug-likeness (QED) is 0.553. The molecule has 0 radical (unpaired) electrons. The molecule has 0 fully saturated rings. The van der Waals surface area contributed by atoms with E-state index in [0.717, 1.165) is 16.7 Å². The van der Waals surface area contributed by atoms with Crippen molar-refractivity contribution in [2.24, 2.45) is 5.90 Å². The number of benzene rings is 2. The van der Waals surface area contributed by atoms with Crippen LogP contribution in [0.5, 0.6) is 0 Å². The number of nitrogens with two attached hydrogens (primary N) is 1. The van der Waals surface area contributed by atoms with Crippen molar-refractivity contribution in [3.05, 3.63) is 125 Å². The molecule has 5 nitrogen and oxygen atoms in total. The van der Waals surface area contributed by atoms with Gasteiger partial charge < -0.3 is 9.40 Å². The zero-order valence-corrected chi connectivity index (χ0v) is 14.9. The van der Waals surface area contributed by atoms with Gasteiger partial charge >= 0.3 is 5.97 Å². The van der Waals surface area contributed by atoms with Crippen LogP contribution in [0.25, 0.3) is 0 Å². The summed E-state index contributed by atoms with van der Waals surface area (Å²) in [5, 5.41) is 0. The average Bonchev–Trinajstić information content (AvgIpc) is 3.26. The third-order valence-corrected chi connectivity index (χ3v) is 4.71. The monoisotopic (exact) mass is 367 g/mol. The molecule has 2 N–H and O–H groups in total. The molecule has 1 aromatic heterocycles. The smallest absolute Gasteiger partial charge is 0.368 e. The lowest BCUT2D eigenvalue weighted by atomic mass is 9.76. The van der Waals surface area contributed by atoms with Crippen molar-refractivity contribution in [1.29, 1.82) is 0 Å². The molecule has 1 heterocycles. The van der Waals surface area contributed by atoms with Gasteiger partial charge in [-0.2, -0.15) is 5.90 Å². The molecule has 4 rings (SSSR count). The fourth-order valence-corrected chi connectivity index (χ4v) is 3.51. The van der Waals surface area contributed by atoms with E-state index < -0.39 is 11.5 Å². The maximum absolute atomic E-state index is 11.9. The molecule has 3 aromatic rings. The summed E-state index contributed by atoms with van der Waals surface area (Å²) < 4.78 is 1.88. The Morgan fingerprint density at radius 2 is 1.68 bits per heavy atom. The first-order valence-corrected chi connectivity index (χ1v) is 8.72. The number of hydrogen-bond acceptors (Lipinski definition) is 4. The molecule has 0 atom stereocenters. The summed E-state index contributed by atoms with van der Waals surface area (Å²) in [4.78, 5) is 20.5. The standard InChI is InChI=1S/C23H17N3O2/c24-28-22(27)21-16-26(17-25-21)23(18-10-4-1-5-11-18,19-12-6-2-7-13-19)20-14-8-3-9-15-20/h1-8,10-14,16-17H,24H2. The number of rotatable bonds is 5. The van der Waals surface area contributed by atoms with Crippen molar-refractivity contribution in [2.75, 3.05) is 0 Å². The maximum atomic E-state index is 11.9. The molecule has 0 unspecified atom stereocenters. The van der Waals surface area contributed by atoms with E-state index in [1.807, 2.05) is 77.4 Å². The van der Waals surface area contributed by atoms with Crippen LogP contribution < -0.4 is 5.90 Å². The van der Waals surface area contributed by atoms with Crippen LogP contribution >= 0.6 is 0 Å². The van der Waals surface area contributed by atoms with Gasteiger partial charge in [0.05, 0.1) is 6.33 Å². The first kappa shape index (κ1) is 17.5. The van der Waals surface area contributed by atoms with E-state index in [-0.39, 0.29) is 5.69 Å². The van der Waals surface area contributed by atoms with Gasteiger partial charge in [-0.25, -0.2) is 9.78 Å². The molecule has 0 spiro atoms. The lowest BCUT2D eigenvalue weighted by Crippen LogP contribution is -2.37. The minimum Gasteiger partial charge on any atom is -0.368 e. The molecular formula is C23H17N3O2. The Kier molecular flexibility index (Phi) is 4.63. The molecule has 1 aliphatic rings. The molecule has 0 amide bonds. The van der Waals surface area contributed by atoms with Crippen LogP contribution in [0.3, 0.4) is 0 Å². The van der Waals surface area contributed by atoms with Crippen LogP contribution in [-0.4, -0.2) is 15.5 Å². The van der Waals surface area contributed by atoms with Crippen molar-refractivity contribution in [1.82, 2.24) is 9.55 Å². The molecule has 0 aliphatic heterocycles. The van der Waals surface area contributed by atoms with Crippen LogP contribution in [0.1, 0.15) is 21.6 Å². The first-order valence-electron chi connectivity index (χ1n) is 8.72. The number of carbonyl (C=O) groups is 1. The second kappa shape index (κ2) is 7.39. The molecule has 136 valence electrons. The normalized spacial score (nSPS) is 12.7. The third kappa shape index (κ3) is 2.82. The average molecular weight is 367 g/mol. The van der Waals surface area contributed by atoms with Gasteiger partial charge in [0, 0.05) is 11.8 Å². The van der Waals surface area contributed by atoms with Crippen LogP contribution in [0.2, 0.25) is 0 Å². The zero-order valence-electron chi connectivity index (χ0n) is 14.9. The fourth-order valence-electron chi connectivity index (χ4n) is 3.51. The largest absolute Gasteiger partial charge is 0.376 e. The summed E-state index contributed by atoms with van der Waals surface area (Å²) in [6.07, 6.45) is 8.94. The van der Waals surface area contributed by atoms with Crippen LogP contribution in [0, 0.1) is 0 Å². The van der Waals surface area contributed by atoms with E-state index in [9.17, 15) is 4.79 Å². The van der Waals surface area contributed by atoms with Crippen molar-refractivity contribution < 1.29 is 9.63 Å². The van der Waals surface area contributed by atoms with Gasteiger partial charge in [0.1, 0.15) is 5.54 Å². The Morgan fingerprint density at radius 3 is 2.21 bits per heavy atom. The van der Waals surface area contributed by atoms with Crippen LogP contribution in [0.15, 0.2) is 108 Å². The Balaban J connectivity index is 2.09. The Hall–Kier alpha value is -3.88. The van der Waals surface area contributed by atoms with Gasteiger partial charge in [-0.3, -0.25) is 0 Å². The Labute approximate surface area is 162 Å². The number of hydrogen-bond donors (Lipinski definition) is 1. The SMILES string of the molecule is NOC(=O)c1cn(C(C2=C=C=CC=C2)(c2ccccc2)c2ccccc2)cn1. The summed E-state index contributed by atoms with van der Waals surface area (Å²) in [7, 11) is 0. The number of carbonyl (C=O) groups excluding carboxylic acids is 1. The van der Waals surface area contributed by atoms with Gasteiger partial charge in [-0.15, -0.1) is 0 Å². The number of aromatic nitrogens is 2. The van der Waals surface area contributed by atoms with Gasteiger partial charge in [0.25, 0.3) is 0 Å². The number of allylic oxidation sites excluding steroid dienone is 4.